The van der Waals surface area contributed by atoms with Crippen LogP contribution in [-0.4, -0.2) is 26.6 Å². The Balaban J connectivity index is 1.34. The number of anilines is 1. The van der Waals surface area contributed by atoms with Gasteiger partial charge in [-0.15, -0.1) is 10.2 Å². The number of rotatable bonds is 5. The van der Waals surface area contributed by atoms with Crippen molar-refractivity contribution < 1.29 is 9.59 Å². The van der Waals surface area contributed by atoms with Gasteiger partial charge in [-0.3, -0.25) is 9.59 Å². The number of benzene rings is 1. The van der Waals surface area contributed by atoms with E-state index >= 15 is 0 Å². The Morgan fingerprint density at radius 3 is 2.65 bits per heavy atom. The molecule has 26 heavy (non-hydrogen) atoms. The van der Waals surface area contributed by atoms with E-state index in [2.05, 4.69) is 25.4 Å². The van der Waals surface area contributed by atoms with Crippen LogP contribution in [0.3, 0.4) is 0 Å². The normalized spacial score (nSPS) is 16.5. The first kappa shape index (κ1) is 16.8. The highest BCUT2D eigenvalue weighted by molar-refractivity contribution is 5.96. The zero-order valence-electron chi connectivity index (χ0n) is 14.7. The Labute approximate surface area is 152 Å². The number of nitrogens with zero attached hydrogens (tertiary/aromatic N) is 3. The van der Waals surface area contributed by atoms with Crippen LogP contribution in [-0.2, 0) is 24.3 Å². The van der Waals surface area contributed by atoms with Crippen molar-refractivity contribution in [1.82, 2.24) is 20.1 Å². The van der Waals surface area contributed by atoms with Gasteiger partial charge < -0.3 is 15.2 Å². The molecule has 0 unspecified atom stereocenters. The quantitative estimate of drug-likeness (QED) is 0.863. The van der Waals surface area contributed by atoms with E-state index in [-0.39, 0.29) is 17.7 Å². The molecule has 2 amide bonds. The summed E-state index contributed by atoms with van der Waals surface area (Å²) in [5, 5.41) is 14.3. The summed E-state index contributed by atoms with van der Waals surface area (Å²) in [6.07, 6.45) is 6.37. The Bertz CT molecular complexity index is 808. The minimum Gasteiger partial charge on any atom is -0.345 e. The van der Waals surface area contributed by atoms with Crippen LogP contribution in [0.1, 0.15) is 54.1 Å². The van der Waals surface area contributed by atoms with E-state index in [1.807, 2.05) is 0 Å². The average molecular weight is 353 g/mol. The van der Waals surface area contributed by atoms with Crippen LogP contribution in [0.15, 0.2) is 24.3 Å². The molecular weight excluding hydrogens is 330 g/mol. The van der Waals surface area contributed by atoms with Gasteiger partial charge in [-0.2, -0.15) is 0 Å². The predicted octanol–water partition coefficient (Wildman–Crippen LogP) is 2.28. The molecule has 2 N–H and O–H groups in total. The molecule has 1 aromatic carbocycles. The van der Waals surface area contributed by atoms with Crippen LogP contribution in [0.2, 0.25) is 0 Å². The molecule has 0 atom stereocenters. The lowest BCUT2D eigenvalue weighted by molar-refractivity contribution is -0.117. The van der Waals surface area contributed by atoms with E-state index < -0.39 is 0 Å². The van der Waals surface area contributed by atoms with Gasteiger partial charge in [0.05, 0.1) is 6.54 Å². The van der Waals surface area contributed by atoms with Crippen molar-refractivity contribution in [3.63, 3.8) is 0 Å². The van der Waals surface area contributed by atoms with E-state index in [9.17, 15) is 9.59 Å². The fraction of sp³-hybridized carbons (Fsp3) is 0.474. The third-order valence-electron chi connectivity index (χ3n) is 4.96. The second-order valence-corrected chi connectivity index (χ2v) is 7.02. The molecule has 4 rings (SSSR count). The van der Waals surface area contributed by atoms with Gasteiger partial charge in [0.2, 0.25) is 5.91 Å². The lowest BCUT2D eigenvalue weighted by Crippen LogP contribution is -2.25. The van der Waals surface area contributed by atoms with Gasteiger partial charge in [-0.05, 0) is 49.9 Å². The molecule has 2 aliphatic rings. The molecule has 0 bridgehead atoms. The van der Waals surface area contributed by atoms with Gasteiger partial charge in [-0.25, -0.2) is 0 Å². The number of nitrogens with one attached hydrogen (secondary N) is 2. The molecule has 2 aromatic rings. The van der Waals surface area contributed by atoms with Gasteiger partial charge in [0.25, 0.3) is 5.91 Å². The first-order chi connectivity index (χ1) is 12.7. The van der Waals surface area contributed by atoms with Crippen molar-refractivity contribution in [3.8, 4) is 0 Å². The molecule has 7 nitrogen and oxygen atoms in total. The summed E-state index contributed by atoms with van der Waals surface area (Å²) in [4.78, 5) is 24.1. The fourth-order valence-corrected chi connectivity index (χ4v) is 3.23. The maximum atomic E-state index is 12.4. The first-order valence-corrected chi connectivity index (χ1v) is 9.31. The average Bonchev–Trinajstić information content (AvgIpc) is 3.46. The Kier molecular flexibility index (Phi) is 4.69. The van der Waals surface area contributed by atoms with Gasteiger partial charge in [0.1, 0.15) is 5.82 Å². The van der Waals surface area contributed by atoms with Crippen molar-refractivity contribution in [2.24, 2.45) is 5.92 Å². The summed E-state index contributed by atoms with van der Waals surface area (Å²) in [7, 11) is 0. The number of amides is 2. The van der Waals surface area contributed by atoms with E-state index in [4.69, 9.17) is 0 Å². The minimum atomic E-state index is -0.156. The maximum absolute atomic E-state index is 12.4. The molecule has 2 heterocycles. The number of hydrogen-bond donors (Lipinski definition) is 2. The van der Waals surface area contributed by atoms with Crippen LogP contribution in [0.5, 0.6) is 0 Å². The van der Waals surface area contributed by atoms with Crippen molar-refractivity contribution in [3.05, 3.63) is 41.5 Å². The van der Waals surface area contributed by atoms with Crippen molar-refractivity contribution in [2.45, 2.75) is 51.6 Å². The highest BCUT2D eigenvalue weighted by atomic mass is 16.2. The highest BCUT2D eigenvalue weighted by Gasteiger charge is 2.29. The Morgan fingerprint density at radius 2 is 1.88 bits per heavy atom. The summed E-state index contributed by atoms with van der Waals surface area (Å²) in [6, 6.07) is 6.97. The first-order valence-electron chi connectivity index (χ1n) is 9.31. The third-order valence-corrected chi connectivity index (χ3v) is 4.96. The lowest BCUT2D eigenvalue weighted by Gasteiger charge is -2.09. The molecule has 1 fully saturated rings. The Morgan fingerprint density at radius 1 is 1.08 bits per heavy atom. The van der Waals surface area contributed by atoms with Crippen LogP contribution in [0, 0.1) is 5.92 Å². The molecule has 136 valence electrons. The summed E-state index contributed by atoms with van der Waals surface area (Å²) in [6.45, 7) is 1.29. The number of aryl methyl sites for hydroxylation is 1. The van der Waals surface area contributed by atoms with Crippen LogP contribution < -0.4 is 10.6 Å². The molecule has 0 spiro atoms. The standard InChI is InChI=1S/C19H23N5O2/c25-18(13-7-9-15(10-8-13)21-19(26)14-5-6-14)20-12-17-23-22-16-4-2-1-3-11-24(16)17/h7-10,14H,1-6,11-12H2,(H,20,25)(H,21,26). The topological polar surface area (TPSA) is 88.9 Å². The SMILES string of the molecule is O=C(NCc1nnc2n1CCCCC2)c1ccc(NC(=O)C2CC2)cc1. The van der Waals surface area contributed by atoms with Crippen LogP contribution in [0.4, 0.5) is 5.69 Å². The van der Waals surface area contributed by atoms with Crippen molar-refractivity contribution >= 4 is 17.5 Å². The summed E-state index contributed by atoms with van der Waals surface area (Å²) >= 11 is 0. The van der Waals surface area contributed by atoms with Gasteiger partial charge >= 0.3 is 0 Å². The zero-order valence-corrected chi connectivity index (χ0v) is 14.7. The molecule has 0 radical (unpaired) electrons. The summed E-state index contributed by atoms with van der Waals surface area (Å²) in [5.74, 6) is 1.90. The van der Waals surface area contributed by atoms with Gasteiger partial charge in [-0.1, -0.05) is 6.42 Å². The molecule has 7 heteroatoms. The van der Waals surface area contributed by atoms with E-state index in [1.54, 1.807) is 24.3 Å². The van der Waals surface area contributed by atoms with Gasteiger partial charge in [0, 0.05) is 30.1 Å². The molecular formula is C19H23N5O2. The number of hydrogen-bond acceptors (Lipinski definition) is 4. The second-order valence-electron chi connectivity index (χ2n) is 7.02. The highest BCUT2D eigenvalue weighted by Crippen LogP contribution is 2.30. The minimum absolute atomic E-state index is 0.0645. The summed E-state index contributed by atoms with van der Waals surface area (Å²) < 4.78 is 2.13. The number of carbonyl (C=O) groups is 2. The third kappa shape index (κ3) is 3.76. The largest absolute Gasteiger partial charge is 0.345 e. The van der Waals surface area contributed by atoms with Crippen molar-refractivity contribution in [2.75, 3.05) is 5.32 Å². The van der Waals surface area contributed by atoms with Crippen LogP contribution in [0.25, 0.3) is 0 Å². The second kappa shape index (κ2) is 7.27. The predicted molar refractivity (Wildman–Crippen MR) is 96.5 cm³/mol. The van der Waals surface area contributed by atoms with Gasteiger partial charge in [0.15, 0.2) is 5.82 Å². The number of aromatic nitrogens is 3. The number of carbonyl (C=O) groups excluding carboxylic acids is 2. The van der Waals surface area contributed by atoms with Crippen molar-refractivity contribution in [1.29, 1.82) is 0 Å². The molecule has 1 aliphatic carbocycles. The molecule has 1 aromatic heterocycles. The fourth-order valence-electron chi connectivity index (χ4n) is 3.23. The Hall–Kier alpha value is -2.70. The molecule has 1 aliphatic heterocycles. The van der Waals surface area contributed by atoms with E-state index in [0.717, 1.165) is 56.0 Å². The van der Waals surface area contributed by atoms with E-state index in [0.29, 0.717) is 12.1 Å². The maximum Gasteiger partial charge on any atom is 0.251 e. The monoisotopic (exact) mass is 353 g/mol. The van der Waals surface area contributed by atoms with E-state index in [1.165, 1.54) is 6.42 Å². The zero-order chi connectivity index (χ0) is 17.9. The molecule has 1 saturated carbocycles. The smallest absolute Gasteiger partial charge is 0.251 e. The number of fused-ring (bicyclic) bond motifs is 1. The lowest BCUT2D eigenvalue weighted by atomic mass is 10.2. The summed E-state index contributed by atoms with van der Waals surface area (Å²) in [5.41, 5.74) is 1.28. The molecule has 0 saturated heterocycles. The van der Waals surface area contributed by atoms with Crippen LogP contribution >= 0.6 is 0 Å².